The summed E-state index contributed by atoms with van der Waals surface area (Å²) in [5, 5.41) is 5.52. The number of benzene rings is 1. The van der Waals surface area contributed by atoms with Crippen LogP contribution in [-0.4, -0.2) is 22.0 Å². The summed E-state index contributed by atoms with van der Waals surface area (Å²) in [6, 6.07) is 11.6. The number of hydrogen-bond acceptors (Lipinski definition) is 2. The summed E-state index contributed by atoms with van der Waals surface area (Å²) in [5.41, 5.74) is 2.67. The smallest absolute Gasteiger partial charge is 0.315 e. The number of urea groups is 1. The molecule has 2 amide bonds. The van der Waals surface area contributed by atoms with Gasteiger partial charge < -0.3 is 15.0 Å². The van der Waals surface area contributed by atoms with Gasteiger partial charge in [-0.2, -0.15) is 0 Å². The van der Waals surface area contributed by atoms with Gasteiger partial charge in [0.1, 0.15) is 11.5 Å². The third kappa shape index (κ3) is 4.06. The van der Waals surface area contributed by atoms with Crippen LogP contribution in [-0.2, 0) is 13.0 Å². The van der Waals surface area contributed by atoms with E-state index in [2.05, 4.69) is 15.6 Å². The maximum Gasteiger partial charge on any atom is 0.315 e. The molecule has 5 nitrogen and oxygen atoms in total. The van der Waals surface area contributed by atoms with Gasteiger partial charge in [0, 0.05) is 31.9 Å². The molecule has 0 saturated heterocycles. The molecule has 0 aliphatic rings. The molecule has 0 spiro atoms. The standard InChI is InChI=1S/C17H17FN4O/c18-14-6-4-13(5-7-14)11-20-17(23)19-9-8-15-12-22-10-2-1-3-16(22)21-15/h1-7,10,12H,8-9,11H2,(H2,19,20,23). The highest BCUT2D eigenvalue weighted by molar-refractivity contribution is 5.73. The van der Waals surface area contributed by atoms with Crippen molar-refractivity contribution in [3.05, 3.63) is 71.9 Å². The highest BCUT2D eigenvalue weighted by Gasteiger charge is 2.03. The number of carbonyl (C=O) groups excluding carboxylic acids is 1. The monoisotopic (exact) mass is 312 g/mol. The Labute approximate surface area is 133 Å². The number of nitrogens with one attached hydrogen (secondary N) is 2. The Morgan fingerprint density at radius 2 is 1.96 bits per heavy atom. The predicted octanol–water partition coefficient (Wildman–Crippen LogP) is 2.52. The normalized spacial score (nSPS) is 10.7. The summed E-state index contributed by atoms with van der Waals surface area (Å²) < 4.78 is 14.7. The number of pyridine rings is 1. The third-order valence-corrected chi connectivity index (χ3v) is 3.45. The molecule has 3 aromatic rings. The van der Waals surface area contributed by atoms with E-state index in [0.717, 1.165) is 16.9 Å². The number of halogens is 1. The second kappa shape index (κ2) is 6.91. The van der Waals surface area contributed by atoms with Crippen LogP contribution in [0.1, 0.15) is 11.3 Å². The minimum Gasteiger partial charge on any atom is -0.338 e. The molecule has 2 aromatic heterocycles. The van der Waals surface area contributed by atoms with Crippen molar-refractivity contribution in [3.8, 4) is 0 Å². The van der Waals surface area contributed by atoms with E-state index in [0.29, 0.717) is 19.5 Å². The fourth-order valence-electron chi connectivity index (χ4n) is 2.26. The minimum absolute atomic E-state index is 0.252. The lowest BCUT2D eigenvalue weighted by Crippen LogP contribution is -2.36. The molecule has 2 heterocycles. The van der Waals surface area contributed by atoms with Gasteiger partial charge in [-0.15, -0.1) is 0 Å². The molecule has 118 valence electrons. The SMILES string of the molecule is O=C(NCCc1cn2ccccc2n1)NCc1ccc(F)cc1. The van der Waals surface area contributed by atoms with Gasteiger partial charge in [0.15, 0.2) is 0 Å². The molecular formula is C17H17FN4O. The van der Waals surface area contributed by atoms with Crippen molar-refractivity contribution < 1.29 is 9.18 Å². The quantitative estimate of drug-likeness (QED) is 0.760. The fraction of sp³-hybridized carbons (Fsp3) is 0.176. The van der Waals surface area contributed by atoms with E-state index in [-0.39, 0.29) is 11.8 Å². The van der Waals surface area contributed by atoms with E-state index >= 15 is 0 Å². The van der Waals surface area contributed by atoms with E-state index in [1.807, 2.05) is 35.0 Å². The van der Waals surface area contributed by atoms with Gasteiger partial charge in [-0.3, -0.25) is 0 Å². The Hall–Kier alpha value is -2.89. The van der Waals surface area contributed by atoms with Gasteiger partial charge in [0.05, 0.1) is 5.69 Å². The van der Waals surface area contributed by atoms with Crippen LogP contribution >= 0.6 is 0 Å². The summed E-state index contributed by atoms with van der Waals surface area (Å²) in [4.78, 5) is 16.2. The lowest BCUT2D eigenvalue weighted by atomic mass is 10.2. The molecule has 3 rings (SSSR count). The zero-order chi connectivity index (χ0) is 16.1. The summed E-state index contributed by atoms with van der Waals surface area (Å²) in [6.07, 6.45) is 4.55. The van der Waals surface area contributed by atoms with Crippen LogP contribution in [0.4, 0.5) is 9.18 Å². The number of amides is 2. The van der Waals surface area contributed by atoms with E-state index in [4.69, 9.17) is 0 Å². The van der Waals surface area contributed by atoms with Gasteiger partial charge in [-0.25, -0.2) is 14.2 Å². The van der Waals surface area contributed by atoms with Gasteiger partial charge in [0.25, 0.3) is 0 Å². The van der Waals surface area contributed by atoms with E-state index < -0.39 is 0 Å². The first-order valence-corrected chi connectivity index (χ1v) is 7.39. The Kier molecular flexibility index (Phi) is 4.52. The molecule has 0 aliphatic heterocycles. The molecule has 0 unspecified atom stereocenters. The minimum atomic E-state index is -0.286. The van der Waals surface area contributed by atoms with Crippen molar-refractivity contribution in [1.29, 1.82) is 0 Å². The zero-order valence-electron chi connectivity index (χ0n) is 12.5. The summed E-state index contributed by atoms with van der Waals surface area (Å²) >= 11 is 0. The van der Waals surface area contributed by atoms with Crippen molar-refractivity contribution in [2.75, 3.05) is 6.54 Å². The highest BCUT2D eigenvalue weighted by atomic mass is 19.1. The molecule has 1 aromatic carbocycles. The maximum atomic E-state index is 12.8. The largest absolute Gasteiger partial charge is 0.338 e. The van der Waals surface area contributed by atoms with Crippen molar-refractivity contribution >= 4 is 11.7 Å². The molecule has 0 radical (unpaired) electrons. The lowest BCUT2D eigenvalue weighted by Gasteiger charge is -2.07. The number of hydrogen-bond donors (Lipinski definition) is 2. The van der Waals surface area contributed by atoms with Crippen molar-refractivity contribution in [2.24, 2.45) is 0 Å². The second-order valence-electron chi connectivity index (χ2n) is 5.18. The topological polar surface area (TPSA) is 58.4 Å². The summed E-state index contributed by atoms with van der Waals surface area (Å²) in [6.45, 7) is 0.861. The Bertz CT molecular complexity index is 765. The van der Waals surface area contributed by atoms with Crippen molar-refractivity contribution in [2.45, 2.75) is 13.0 Å². The number of fused-ring (bicyclic) bond motifs is 1. The Morgan fingerprint density at radius 3 is 2.74 bits per heavy atom. The molecule has 0 aliphatic carbocycles. The van der Waals surface area contributed by atoms with E-state index in [1.54, 1.807) is 12.1 Å². The van der Waals surface area contributed by atoms with Gasteiger partial charge >= 0.3 is 6.03 Å². The van der Waals surface area contributed by atoms with E-state index in [1.165, 1.54) is 12.1 Å². The molecule has 6 heteroatoms. The first kappa shape index (κ1) is 15.0. The van der Waals surface area contributed by atoms with Crippen molar-refractivity contribution in [3.63, 3.8) is 0 Å². The van der Waals surface area contributed by atoms with Crippen LogP contribution in [0, 0.1) is 5.82 Å². The fourth-order valence-corrected chi connectivity index (χ4v) is 2.26. The van der Waals surface area contributed by atoms with Crippen LogP contribution in [0.5, 0.6) is 0 Å². The van der Waals surface area contributed by atoms with E-state index in [9.17, 15) is 9.18 Å². The van der Waals surface area contributed by atoms with Crippen molar-refractivity contribution in [1.82, 2.24) is 20.0 Å². The van der Waals surface area contributed by atoms with Gasteiger partial charge in [-0.05, 0) is 29.8 Å². The van der Waals surface area contributed by atoms with Gasteiger partial charge in [-0.1, -0.05) is 18.2 Å². The molecule has 0 atom stereocenters. The number of carbonyl (C=O) groups is 1. The Balaban J connectivity index is 1.43. The second-order valence-corrected chi connectivity index (χ2v) is 5.18. The molecule has 0 fully saturated rings. The lowest BCUT2D eigenvalue weighted by molar-refractivity contribution is 0.240. The predicted molar refractivity (Wildman–Crippen MR) is 85.5 cm³/mol. The average Bonchev–Trinajstić information content (AvgIpc) is 2.97. The molecular weight excluding hydrogens is 295 g/mol. The molecule has 23 heavy (non-hydrogen) atoms. The zero-order valence-corrected chi connectivity index (χ0v) is 12.5. The van der Waals surface area contributed by atoms with Gasteiger partial charge in [0.2, 0.25) is 0 Å². The van der Waals surface area contributed by atoms with Crippen LogP contribution in [0.2, 0.25) is 0 Å². The number of imidazole rings is 1. The number of nitrogens with zero attached hydrogens (tertiary/aromatic N) is 2. The number of rotatable bonds is 5. The summed E-state index contributed by atoms with van der Waals surface area (Å²) in [5.74, 6) is -0.286. The molecule has 0 saturated carbocycles. The Morgan fingerprint density at radius 1 is 1.13 bits per heavy atom. The average molecular weight is 312 g/mol. The van der Waals surface area contributed by atoms with Crippen LogP contribution in [0.15, 0.2) is 54.9 Å². The maximum absolute atomic E-state index is 12.8. The summed E-state index contributed by atoms with van der Waals surface area (Å²) in [7, 11) is 0. The first-order valence-electron chi connectivity index (χ1n) is 7.39. The molecule has 0 bridgehead atoms. The first-order chi connectivity index (χ1) is 11.2. The van der Waals surface area contributed by atoms with Crippen LogP contribution < -0.4 is 10.6 Å². The molecule has 2 N–H and O–H groups in total. The third-order valence-electron chi connectivity index (χ3n) is 3.45. The highest BCUT2D eigenvalue weighted by Crippen LogP contribution is 2.04. The van der Waals surface area contributed by atoms with Crippen LogP contribution in [0.3, 0.4) is 0 Å². The van der Waals surface area contributed by atoms with Crippen LogP contribution in [0.25, 0.3) is 5.65 Å². The number of aromatic nitrogens is 2.